The zero-order valence-electron chi connectivity index (χ0n) is 10.5. The minimum absolute atomic E-state index is 0.00386. The van der Waals surface area contributed by atoms with Gasteiger partial charge in [-0.1, -0.05) is 6.08 Å². The molecule has 17 heavy (non-hydrogen) atoms. The molecule has 1 aliphatic carbocycles. The minimum atomic E-state index is -0.00386. The summed E-state index contributed by atoms with van der Waals surface area (Å²) >= 11 is 0. The fourth-order valence-corrected chi connectivity index (χ4v) is 1.86. The molecule has 0 unspecified atom stereocenters. The quantitative estimate of drug-likeness (QED) is 0.685. The van der Waals surface area contributed by atoms with E-state index in [1.807, 2.05) is 32.9 Å². The molecule has 0 atom stereocenters. The van der Waals surface area contributed by atoms with E-state index >= 15 is 0 Å². The monoisotopic (exact) mass is 229 g/mol. The molecular formula is C14H15NO2. The van der Waals surface area contributed by atoms with Crippen molar-refractivity contribution in [2.75, 3.05) is 0 Å². The summed E-state index contributed by atoms with van der Waals surface area (Å²) in [5.41, 5.74) is 2.93. The molecule has 88 valence electrons. The van der Waals surface area contributed by atoms with Gasteiger partial charge in [-0.2, -0.15) is 0 Å². The van der Waals surface area contributed by atoms with Crippen LogP contribution in [0, 0.1) is 13.8 Å². The third-order valence-electron chi connectivity index (χ3n) is 2.88. The lowest BCUT2D eigenvalue weighted by atomic mass is 10.1. The molecule has 0 N–H and O–H groups in total. The lowest BCUT2D eigenvalue weighted by molar-refractivity contribution is 0.509. The van der Waals surface area contributed by atoms with Crippen LogP contribution in [-0.4, -0.2) is 4.98 Å². The lowest BCUT2D eigenvalue weighted by Gasteiger charge is -2.09. The van der Waals surface area contributed by atoms with Crippen molar-refractivity contribution in [2.24, 2.45) is 0 Å². The van der Waals surface area contributed by atoms with Gasteiger partial charge >= 0.3 is 0 Å². The second-order valence-corrected chi connectivity index (χ2v) is 4.04. The van der Waals surface area contributed by atoms with Gasteiger partial charge in [0.25, 0.3) is 0 Å². The number of fused-ring (bicyclic) bond motifs is 1. The summed E-state index contributed by atoms with van der Waals surface area (Å²) in [6.07, 6.45) is 3.76. The Hall–Kier alpha value is -1.90. The van der Waals surface area contributed by atoms with E-state index in [0.717, 1.165) is 16.6 Å². The molecule has 3 heteroatoms. The Labute approximate surface area is 99.5 Å². The Kier molecular flexibility index (Phi) is 2.84. The number of rotatable bonds is 0. The Morgan fingerprint density at radius 1 is 1.24 bits per heavy atom. The van der Waals surface area contributed by atoms with Crippen molar-refractivity contribution in [2.45, 2.75) is 27.7 Å². The van der Waals surface area contributed by atoms with Crippen molar-refractivity contribution in [1.82, 2.24) is 4.98 Å². The summed E-state index contributed by atoms with van der Waals surface area (Å²) in [6.45, 7) is 7.45. The van der Waals surface area contributed by atoms with Crippen molar-refractivity contribution in [3.63, 3.8) is 0 Å². The molecule has 2 rings (SSSR count). The van der Waals surface area contributed by atoms with Crippen LogP contribution < -0.4 is 16.2 Å². The highest BCUT2D eigenvalue weighted by Gasteiger charge is 2.15. The van der Waals surface area contributed by atoms with Gasteiger partial charge in [0, 0.05) is 5.56 Å². The molecular weight excluding hydrogens is 214 g/mol. The third-order valence-corrected chi connectivity index (χ3v) is 2.88. The van der Waals surface area contributed by atoms with Gasteiger partial charge in [-0.3, -0.25) is 4.79 Å². The molecule has 1 heterocycles. The van der Waals surface area contributed by atoms with Gasteiger partial charge in [-0.05, 0) is 45.4 Å². The van der Waals surface area contributed by atoms with Crippen LogP contribution in [0.15, 0.2) is 15.3 Å². The second kappa shape index (κ2) is 4.17. The second-order valence-electron chi connectivity index (χ2n) is 4.04. The van der Waals surface area contributed by atoms with Crippen molar-refractivity contribution < 1.29 is 4.42 Å². The summed E-state index contributed by atoms with van der Waals surface area (Å²) in [5.74, 6) is 0.591. The highest BCUT2D eigenvalue weighted by atomic mass is 16.3. The normalized spacial score (nSPS) is 13.6. The maximum Gasteiger partial charge on any atom is 0.185 e. The highest BCUT2D eigenvalue weighted by molar-refractivity contribution is 5.62. The smallest absolute Gasteiger partial charge is 0.185 e. The summed E-state index contributed by atoms with van der Waals surface area (Å²) in [4.78, 5) is 16.2. The van der Waals surface area contributed by atoms with E-state index in [1.165, 1.54) is 0 Å². The molecule has 0 radical (unpaired) electrons. The van der Waals surface area contributed by atoms with E-state index in [-0.39, 0.29) is 5.43 Å². The van der Waals surface area contributed by atoms with E-state index < -0.39 is 0 Å². The average molecular weight is 229 g/mol. The molecule has 0 aromatic heterocycles. The molecule has 0 bridgehead atoms. The van der Waals surface area contributed by atoms with E-state index in [1.54, 1.807) is 13.0 Å². The predicted molar refractivity (Wildman–Crippen MR) is 68.4 cm³/mol. The maximum atomic E-state index is 11.7. The van der Waals surface area contributed by atoms with Crippen LogP contribution in [0.4, 0.5) is 0 Å². The van der Waals surface area contributed by atoms with Gasteiger partial charge < -0.3 is 4.42 Å². The predicted octanol–water partition coefficient (Wildman–Crippen LogP) is 1.36. The standard InChI is InChI=1S/C14H15NO2/c1-5-10-12(6-2)17-14-9(4)11(16)7-8(3)13(14)15-10/h5-7H,1-4H3/b10-5+,12-6+. The van der Waals surface area contributed by atoms with Crippen LogP contribution in [0.3, 0.4) is 0 Å². The highest BCUT2D eigenvalue weighted by Crippen LogP contribution is 2.21. The summed E-state index contributed by atoms with van der Waals surface area (Å²) in [6, 6.07) is 1.61. The lowest BCUT2D eigenvalue weighted by Crippen LogP contribution is -2.30. The molecule has 0 saturated heterocycles. The Balaban J connectivity index is 3.09. The number of aryl methyl sites for hydroxylation is 1. The van der Waals surface area contributed by atoms with E-state index in [9.17, 15) is 4.79 Å². The van der Waals surface area contributed by atoms with E-state index in [2.05, 4.69) is 4.98 Å². The number of aromatic nitrogens is 1. The van der Waals surface area contributed by atoms with Crippen LogP contribution in [0.1, 0.15) is 25.0 Å². The van der Waals surface area contributed by atoms with Crippen LogP contribution in [0.5, 0.6) is 0 Å². The summed E-state index contributed by atoms with van der Waals surface area (Å²) < 4.78 is 5.78. The topological polar surface area (TPSA) is 43.1 Å². The van der Waals surface area contributed by atoms with Crippen molar-refractivity contribution >= 4 is 12.2 Å². The van der Waals surface area contributed by atoms with Crippen molar-refractivity contribution in [1.29, 1.82) is 0 Å². The summed E-state index contributed by atoms with van der Waals surface area (Å²) in [7, 11) is 0. The molecule has 0 amide bonds. The van der Waals surface area contributed by atoms with Crippen molar-refractivity contribution in [3.05, 3.63) is 38.2 Å². The number of nitrogens with zero attached hydrogens (tertiary/aromatic N) is 1. The first kappa shape index (κ1) is 11.6. The fourth-order valence-electron chi connectivity index (χ4n) is 1.86. The molecule has 0 spiro atoms. The van der Waals surface area contributed by atoms with Crippen LogP contribution in [-0.2, 0) is 0 Å². The van der Waals surface area contributed by atoms with Gasteiger partial charge in [0.05, 0.1) is 0 Å². The zero-order valence-corrected chi connectivity index (χ0v) is 10.5. The third kappa shape index (κ3) is 1.78. The zero-order chi connectivity index (χ0) is 12.6. The molecule has 0 saturated carbocycles. The van der Waals surface area contributed by atoms with Gasteiger partial charge in [-0.15, -0.1) is 0 Å². The first-order valence-corrected chi connectivity index (χ1v) is 5.62. The van der Waals surface area contributed by atoms with Gasteiger partial charge in [-0.25, -0.2) is 4.98 Å². The Bertz CT molecular complexity index is 710. The molecule has 0 aromatic carbocycles. The molecule has 3 nitrogen and oxygen atoms in total. The summed E-state index contributed by atoms with van der Waals surface area (Å²) in [5, 5.41) is 0.807. The van der Waals surface area contributed by atoms with Crippen LogP contribution in [0.2, 0.25) is 0 Å². The largest absolute Gasteiger partial charge is 0.453 e. The van der Waals surface area contributed by atoms with Crippen molar-refractivity contribution in [3.8, 4) is 11.5 Å². The first-order chi connectivity index (χ1) is 8.08. The molecule has 0 aromatic rings. The van der Waals surface area contributed by atoms with Gasteiger partial charge in [0.2, 0.25) is 0 Å². The van der Waals surface area contributed by atoms with Gasteiger partial charge in [0.15, 0.2) is 11.2 Å². The molecule has 1 aliphatic heterocycles. The maximum absolute atomic E-state index is 11.7. The fraction of sp³-hybridized carbons (Fsp3) is 0.286. The SMILES string of the molecule is C/C=c1/nc2c(C)cc(=O)c(C)c-2o/c1=C/C. The number of benzene rings is 1. The average Bonchev–Trinajstić information content (AvgIpc) is 2.34. The minimum Gasteiger partial charge on any atom is -0.453 e. The van der Waals surface area contributed by atoms with Gasteiger partial charge in [0.1, 0.15) is 16.5 Å². The Morgan fingerprint density at radius 3 is 2.53 bits per heavy atom. The number of hydrogen-bond donors (Lipinski definition) is 0. The number of hydrogen-bond acceptors (Lipinski definition) is 3. The van der Waals surface area contributed by atoms with Crippen LogP contribution >= 0.6 is 0 Å². The van der Waals surface area contributed by atoms with E-state index in [0.29, 0.717) is 16.7 Å². The Morgan fingerprint density at radius 2 is 1.94 bits per heavy atom. The first-order valence-electron chi connectivity index (χ1n) is 5.62. The molecule has 0 fully saturated rings. The van der Waals surface area contributed by atoms with E-state index in [4.69, 9.17) is 4.42 Å². The van der Waals surface area contributed by atoms with Crippen LogP contribution in [0.25, 0.3) is 23.6 Å². The molecule has 2 aliphatic rings.